The number of amides is 1. The van der Waals surface area contributed by atoms with Gasteiger partial charge in [-0.3, -0.25) is 0 Å². The lowest BCUT2D eigenvalue weighted by atomic mass is 10.0. The Labute approximate surface area is 110 Å². The van der Waals surface area contributed by atoms with Crippen molar-refractivity contribution in [2.75, 3.05) is 6.61 Å². The number of rotatable bonds is 5. The molecule has 1 amide bonds. The molecule has 114 valence electrons. The lowest BCUT2D eigenvalue weighted by Gasteiger charge is -2.16. The van der Waals surface area contributed by atoms with Gasteiger partial charge in [0, 0.05) is 0 Å². The van der Waals surface area contributed by atoms with Crippen LogP contribution in [0.3, 0.4) is 0 Å². The highest BCUT2D eigenvalue weighted by molar-refractivity contribution is 5.79. The molecule has 0 aliphatic heterocycles. The van der Waals surface area contributed by atoms with Gasteiger partial charge in [0.05, 0.1) is 0 Å². The lowest BCUT2D eigenvalue weighted by Crippen LogP contribution is -2.42. The third kappa shape index (κ3) is 12.8. The van der Waals surface area contributed by atoms with Crippen molar-refractivity contribution in [1.82, 2.24) is 5.32 Å². The highest BCUT2D eigenvalue weighted by atomic mass is 19.4. The third-order valence-corrected chi connectivity index (χ3v) is 1.66. The first-order valence-corrected chi connectivity index (χ1v) is 5.84. The average Bonchev–Trinajstić information content (AvgIpc) is 2.26. The van der Waals surface area contributed by atoms with Crippen molar-refractivity contribution in [1.29, 1.82) is 0 Å². The van der Waals surface area contributed by atoms with Crippen LogP contribution in [0.15, 0.2) is 0 Å². The Morgan fingerprint density at radius 1 is 1.26 bits per heavy atom. The summed E-state index contributed by atoms with van der Waals surface area (Å²) >= 11 is 0. The number of carboxylic acids is 1. The van der Waals surface area contributed by atoms with Crippen molar-refractivity contribution in [3.05, 3.63) is 0 Å². The van der Waals surface area contributed by atoms with E-state index in [1.807, 2.05) is 19.2 Å². The maximum Gasteiger partial charge on any atom is 0.422 e. The number of alkyl halides is 3. The van der Waals surface area contributed by atoms with Gasteiger partial charge in [0.15, 0.2) is 6.61 Å². The summed E-state index contributed by atoms with van der Waals surface area (Å²) in [4.78, 5) is 21.6. The van der Waals surface area contributed by atoms with Gasteiger partial charge in [-0.15, -0.1) is 0 Å². The van der Waals surface area contributed by atoms with E-state index in [0.717, 1.165) is 0 Å². The van der Waals surface area contributed by atoms with E-state index in [1.165, 1.54) is 0 Å². The van der Waals surface area contributed by atoms with Gasteiger partial charge in [-0.1, -0.05) is 27.7 Å². The summed E-state index contributed by atoms with van der Waals surface area (Å²) < 4.78 is 38.9. The molecule has 0 aliphatic rings. The van der Waals surface area contributed by atoms with Gasteiger partial charge in [0.25, 0.3) is 0 Å². The summed E-state index contributed by atoms with van der Waals surface area (Å²) in [5.74, 6) is -1.35. The summed E-state index contributed by atoms with van der Waals surface area (Å²) in [7, 11) is 0. The fraction of sp³-hybridized carbons (Fsp3) is 0.818. The number of aliphatic carboxylic acids is 1. The van der Waals surface area contributed by atoms with Crippen LogP contribution in [0.4, 0.5) is 18.0 Å². The first-order chi connectivity index (χ1) is 8.61. The van der Waals surface area contributed by atoms with Crippen molar-refractivity contribution in [3.8, 4) is 0 Å². The molecule has 8 heteroatoms. The molecule has 0 spiro atoms. The molecule has 0 saturated heterocycles. The largest absolute Gasteiger partial charge is 0.480 e. The lowest BCUT2D eigenvalue weighted by molar-refractivity contribution is -0.160. The van der Waals surface area contributed by atoms with Gasteiger partial charge >= 0.3 is 18.2 Å². The van der Waals surface area contributed by atoms with Crippen molar-refractivity contribution in [3.63, 3.8) is 0 Å². The number of halogens is 3. The highest BCUT2D eigenvalue weighted by Gasteiger charge is 2.30. The van der Waals surface area contributed by atoms with E-state index in [2.05, 4.69) is 4.74 Å². The van der Waals surface area contributed by atoms with Crippen LogP contribution < -0.4 is 5.32 Å². The number of hydrogen-bond acceptors (Lipinski definition) is 3. The molecule has 19 heavy (non-hydrogen) atoms. The minimum atomic E-state index is -4.63. The van der Waals surface area contributed by atoms with Crippen LogP contribution in [0.5, 0.6) is 0 Å². The second kappa shape index (κ2) is 9.46. The van der Waals surface area contributed by atoms with Gasteiger partial charge in [-0.05, 0) is 12.3 Å². The molecule has 0 heterocycles. The van der Waals surface area contributed by atoms with E-state index in [9.17, 15) is 22.8 Å². The van der Waals surface area contributed by atoms with Crippen molar-refractivity contribution in [2.45, 2.75) is 46.3 Å². The molecule has 0 bridgehead atoms. The molecule has 1 atom stereocenters. The van der Waals surface area contributed by atoms with Crippen LogP contribution in [0.2, 0.25) is 0 Å². The summed E-state index contributed by atoms with van der Waals surface area (Å²) in [5.41, 5.74) is 0. The predicted molar refractivity (Wildman–Crippen MR) is 62.8 cm³/mol. The van der Waals surface area contributed by atoms with Crippen LogP contribution >= 0.6 is 0 Å². The van der Waals surface area contributed by atoms with Gasteiger partial charge in [0.2, 0.25) is 0 Å². The highest BCUT2D eigenvalue weighted by Crippen LogP contribution is 2.14. The SMILES string of the molecule is CC.CC(C)C[C@H](NC(=O)OCC(F)(F)F)C(=O)O. The molecular formula is C11H20F3NO4. The molecule has 0 fully saturated rings. The Hall–Kier alpha value is -1.47. The van der Waals surface area contributed by atoms with Gasteiger partial charge < -0.3 is 15.2 Å². The van der Waals surface area contributed by atoms with Crippen LogP contribution in [0, 0.1) is 5.92 Å². The summed E-state index contributed by atoms with van der Waals surface area (Å²) in [5, 5.41) is 10.6. The first kappa shape index (κ1) is 19.9. The Balaban J connectivity index is 0. The van der Waals surface area contributed by atoms with E-state index >= 15 is 0 Å². The van der Waals surface area contributed by atoms with Crippen molar-refractivity contribution >= 4 is 12.1 Å². The van der Waals surface area contributed by atoms with E-state index in [-0.39, 0.29) is 12.3 Å². The smallest absolute Gasteiger partial charge is 0.422 e. The molecule has 2 N–H and O–H groups in total. The number of nitrogens with one attached hydrogen (secondary N) is 1. The van der Waals surface area contributed by atoms with E-state index < -0.39 is 30.9 Å². The molecular weight excluding hydrogens is 267 g/mol. The van der Waals surface area contributed by atoms with Crippen LogP contribution in [0.1, 0.15) is 34.1 Å². The fourth-order valence-corrected chi connectivity index (χ4v) is 1.02. The zero-order chi connectivity index (χ0) is 15.6. The molecule has 0 rings (SSSR count). The number of carbonyl (C=O) groups excluding carboxylic acids is 1. The fourth-order valence-electron chi connectivity index (χ4n) is 1.02. The molecule has 0 radical (unpaired) electrons. The van der Waals surface area contributed by atoms with E-state index in [0.29, 0.717) is 0 Å². The minimum Gasteiger partial charge on any atom is -0.480 e. The normalized spacial score (nSPS) is 12.2. The number of hydrogen-bond donors (Lipinski definition) is 2. The second-order valence-corrected chi connectivity index (χ2v) is 3.86. The van der Waals surface area contributed by atoms with Crippen LogP contribution in [-0.4, -0.2) is 36.0 Å². The standard InChI is InChI=1S/C9H14F3NO4.C2H6/c1-5(2)3-6(7(14)15)13-8(16)17-4-9(10,11)12;1-2/h5-6H,3-4H2,1-2H3,(H,13,16)(H,14,15);1-2H3/t6-;/m0./s1. The zero-order valence-corrected chi connectivity index (χ0v) is 11.4. The Bertz CT molecular complexity index is 280. The molecule has 0 saturated carbocycles. The zero-order valence-electron chi connectivity index (χ0n) is 11.4. The maximum atomic E-state index is 11.7. The topological polar surface area (TPSA) is 75.6 Å². The third-order valence-electron chi connectivity index (χ3n) is 1.66. The first-order valence-electron chi connectivity index (χ1n) is 5.84. The molecule has 0 aromatic heterocycles. The van der Waals surface area contributed by atoms with E-state index in [1.54, 1.807) is 13.8 Å². The maximum absolute atomic E-state index is 11.7. The number of alkyl carbamates (subject to hydrolysis) is 1. The van der Waals surface area contributed by atoms with Gasteiger partial charge in [0.1, 0.15) is 6.04 Å². The summed E-state index contributed by atoms with van der Waals surface area (Å²) in [6, 6.07) is -1.25. The van der Waals surface area contributed by atoms with E-state index in [4.69, 9.17) is 5.11 Å². The Morgan fingerprint density at radius 3 is 2.05 bits per heavy atom. The monoisotopic (exact) mass is 287 g/mol. The van der Waals surface area contributed by atoms with Crippen LogP contribution in [-0.2, 0) is 9.53 Å². The summed E-state index contributed by atoms with van der Waals surface area (Å²) in [6.07, 6.45) is -5.92. The van der Waals surface area contributed by atoms with Crippen LogP contribution in [0.25, 0.3) is 0 Å². The minimum absolute atomic E-state index is 0.0287. The molecule has 0 aromatic carbocycles. The molecule has 5 nitrogen and oxygen atoms in total. The quantitative estimate of drug-likeness (QED) is 0.815. The van der Waals surface area contributed by atoms with Crippen molar-refractivity contribution in [2.24, 2.45) is 5.92 Å². The number of carboxylic acid groups (broad SMARTS) is 1. The molecule has 0 aromatic rings. The summed E-state index contributed by atoms with van der Waals surface area (Å²) in [6.45, 7) is 5.70. The Morgan fingerprint density at radius 2 is 1.74 bits per heavy atom. The average molecular weight is 287 g/mol. The second-order valence-electron chi connectivity index (χ2n) is 3.86. The predicted octanol–water partition coefficient (Wildman–Crippen LogP) is 2.80. The number of ether oxygens (including phenoxy) is 1. The molecule has 0 unspecified atom stereocenters. The molecule has 0 aliphatic carbocycles. The van der Waals surface area contributed by atoms with Gasteiger partial charge in [-0.2, -0.15) is 13.2 Å². The van der Waals surface area contributed by atoms with Crippen molar-refractivity contribution < 1.29 is 32.6 Å². The van der Waals surface area contributed by atoms with Gasteiger partial charge in [-0.25, -0.2) is 9.59 Å². The Kier molecular flexibility index (Phi) is 9.89. The number of carbonyl (C=O) groups is 2.